The molecule has 1 aromatic carbocycles. The van der Waals surface area contributed by atoms with Crippen LogP contribution in [0, 0.1) is 19.7 Å². The molecule has 0 unspecified atom stereocenters. The maximum atomic E-state index is 12.1. The van der Waals surface area contributed by atoms with Crippen molar-refractivity contribution in [1.82, 2.24) is 14.7 Å². The number of allylic oxidation sites excluding steroid dienone is 3. The molecule has 0 aliphatic rings. The largest absolute Gasteiger partial charge is 0.472 e. The lowest BCUT2D eigenvalue weighted by molar-refractivity contribution is 0.327. The van der Waals surface area contributed by atoms with Crippen molar-refractivity contribution in [3.63, 3.8) is 0 Å². The van der Waals surface area contributed by atoms with Crippen molar-refractivity contribution >= 4 is 0 Å². The third-order valence-corrected chi connectivity index (χ3v) is 3.93. The molecule has 0 bridgehead atoms. The van der Waals surface area contributed by atoms with Crippen LogP contribution in [-0.2, 0) is 6.54 Å². The molecule has 5 heteroatoms. The van der Waals surface area contributed by atoms with Gasteiger partial charge in [0.2, 0.25) is 5.88 Å². The van der Waals surface area contributed by atoms with Crippen molar-refractivity contribution in [2.24, 2.45) is 0 Å². The van der Waals surface area contributed by atoms with Gasteiger partial charge in [-0.25, -0.2) is 4.39 Å². The summed E-state index contributed by atoms with van der Waals surface area (Å²) in [4.78, 5) is 2.14. The van der Waals surface area contributed by atoms with Crippen LogP contribution in [0.25, 0.3) is 0 Å². The quantitative estimate of drug-likeness (QED) is 0.561. The fourth-order valence-electron chi connectivity index (χ4n) is 2.43. The van der Waals surface area contributed by atoms with Crippen LogP contribution in [-0.4, -0.2) is 41.9 Å². The number of ether oxygens (including phenoxy) is 1. The van der Waals surface area contributed by atoms with Crippen LogP contribution in [0.1, 0.15) is 25.1 Å². The summed E-state index contributed by atoms with van der Waals surface area (Å²) >= 11 is 0. The summed E-state index contributed by atoms with van der Waals surface area (Å²) < 4.78 is 19.8. The molecular formula is C24H34FN3O. The molecule has 0 N–H and O–H groups in total. The van der Waals surface area contributed by atoms with Gasteiger partial charge in [0.05, 0.1) is 6.54 Å². The highest BCUT2D eigenvalue weighted by atomic mass is 19.1. The molecule has 158 valence electrons. The second-order valence-corrected chi connectivity index (χ2v) is 7.30. The number of rotatable bonds is 8. The first-order valence-electron chi connectivity index (χ1n) is 9.74. The molecule has 0 amide bonds. The Morgan fingerprint density at radius 1 is 1.24 bits per heavy atom. The number of aromatic nitrogens is 2. The highest BCUT2D eigenvalue weighted by Gasteiger charge is 2.06. The summed E-state index contributed by atoms with van der Waals surface area (Å²) in [5, 5.41) is 4.49. The van der Waals surface area contributed by atoms with Crippen molar-refractivity contribution < 1.29 is 9.13 Å². The first kappa shape index (κ1) is 24.4. The van der Waals surface area contributed by atoms with Gasteiger partial charge in [-0.15, -0.1) is 5.10 Å². The second-order valence-electron chi connectivity index (χ2n) is 7.30. The van der Waals surface area contributed by atoms with E-state index in [1.54, 1.807) is 12.1 Å². The summed E-state index contributed by atoms with van der Waals surface area (Å²) in [6, 6.07) is 8.37. The third kappa shape index (κ3) is 10.5. The van der Waals surface area contributed by atoms with Crippen LogP contribution in [0.3, 0.4) is 0 Å². The van der Waals surface area contributed by atoms with Crippen molar-refractivity contribution in [2.45, 2.75) is 34.2 Å². The molecule has 1 heterocycles. The number of hydrogen-bond donors (Lipinski definition) is 0. The van der Waals surface area contributed by atoms with Gasteiger partial charge in [-0.05, 0) is 59.5 Å². The molecule has 0 fully saturated rings. The van der Waals surface area contributed by atoms with Crippen molar-refractivity contribution in [1.29, 1.82) is 0 Å². The van der Waals surface area contributed by atoms with Crippen molar-refractivity contribution in [3.8, 4) is 5.88 Å². The monoisotopic (exact) mass is 399 g/mol. The average Bonchev–Trinajstić information content (AvgIpc) is 3.00. The number of hydrogen-bond acceptors (Lipinski definition) is 3. The van der Waals surface area contributed by atoms with Crippen LogP contribution < -0.4 is 4.74 Å². The highest BCUT2D eigenvalue weighted by Crippen LogP contribution is 2.13. The number of likely N-dealkylation sites (N-methyl/N-ethyl adjacent to an activating group) is 1. The summed E-state index contributed by atoms with van der Waals surface area (Å²) in [6.45, 7) is 14.2. The Balaban J connectivity index is 0.000000436. The van der Waals surface area contributed by atoms with Gasteiger partial charge in [-0.2, -0.15) is 0 Å². The number of halogens is 1. The van der Waals surface area contributed by atoms with Gasteiger partial charge in [-0.3, -0.25) is 4.68 Å². The minimum absolute atomic E-state index is 0.171. The summed E-state index contributed by atoms with van der Waals surface area (Å²) in [5.41, 5.74) is 4.31. The van der Waals surface area contributed by atoms with Gasteiger partial charge < -0.3 is 9.64 Å². The number of nitrogens with zero attached hydrogens (tertiary/aromatic N) is 3. The fraction of sp³-hybridized carbons (Fsp3) is 0.375. The van der Waals surface area contributed by atoms with Gasteiger partial charge in [-0.1, -0.05) is 48.1 Å². The zero-order valence-corrected chi connectivity index (χ0v) is 18.6. The van der Waals surface area contributed by atoms with Gasteiger partial charge >= 0.3 is 0 Å². The maximum absolute atomic E-state index is 12.1. The normalized spacial score (nSPS) is 11.5. The van der Waals surface area contributed by atoms with E-state index in [4.69, 9.17) is 4.74 Å². The van der Waals surface area contributed by atoms with Gasteiger partial charge in [0.15, 0.2) is 0 Å². The maximum Gasteiger partial charge on any atom is 0.233 e. The van der Waals surface area contributed by atoms with Crippen LogP contribution >= 0.6 is 0 Å². The zero-order valence-electron chi connectivity index (χ0n) is 18.6. The minimum Gasteiger partial charge on any atom is -0.472 e. The average molecular weight is 400 g/mol. The Labute approximate surface area is 175 Å². The Kier molecular flexibility index (Phi) is 10.7. The van der Waals surface area contributed by atoms with E-state index < -0.39 is 0 Å². The molecule has 0 saturated heterocycles. The highest BCUT2D eigenvalue weighted by molar-refractivity contribution is 5.28. The van der Waals surface area contributed by atoms with Gasteiger partial charge in [0.25, 0.3) is 0 Å². The molecule has 1 aromatic heterocycles. The predicted molar refractivity (Wildman–Crippen MR) is 120 cm³/mol. The lowest BCUT2D eigenvalue weighted by Gasteiger charge is -2.10. The van der Waals surface area contributed by atoms with Gasteiger partial charge in [0, 0.05) is 18.3 Å². The van der Waals surface area contributed by atoms with E-state index in [2.05, 4.69) is 30.7 Å². The van der Waals surface area contributed by atoms with E-state index in [-0.39, 0.29) is 5.82 Å². The third-order valence-electron chi connectivity index (χ3n) is 3.93. The lowest BCUT2D eigenvalue weighted by atomic mass is 10.2. The minimum atomic E-state index is -0.171. The summed E-state index contributed by atoms with van der Waals surface area (Å²) in [5.74, 6) is 0.499. The molecule has 0 aliphatic heterocycles. The molecule has 0 spiro atoms. The predicted octanol–water partition coefficient (Wildman–Crippen LogP) is 5.34. The van der Waals surface area contributed by atoms with Crippen LogP contribution in [0.5, 0.6) is 5.88 Å². The molecule has 2 rings (SSSR count). The van der Waals surface area contributed by atoms with Crippen LogP contribution in [0.4, 0.5) is 4.39 Å². The second kappa shape index (κ2) is 12.7. The van der Waals surface area contributed by atoms with E-state index in [0.29, 0.717) is 12.5 Å². The summed E-state index contributed by atoms with van der Waals surface area (Å²) in [7, 11) is 4.12. The molecular weight excluding hydrogens is 365 g/mol. The SMILES string of the molecule is C=C(C)/C=C(\C=C/C)COc1cc(C)n(CCN(C)C)n1.Cc1ccc(F)cc1. The Morgan fingerprint density at radius 3 is 2.41 bits per heavy atom. The molecule has 29 heavy (non-hydrogen) atoms. The van der Waals surface area contributed by atoms with E-state index in [1.807, 2.05) is 56.7 Å². The van der Waals surface area contributed by atoms with Crippen molar-refractivity contribution in [2.75, 3.05) is 27.2 Å². The fourth-order valence-corrected chi connectivity index (χ4v) is 2.43. The lowest BCUT2D eigenvalue weighted by Crippen LogP contribution is -2.19. The number of aryl methyl sites for hydroxylation is 2. The molecule has 0 aliphatic carbocycles. The smallest absolute Gasteiger partial charge is 0.233 e. The van der Waals surface area contributed by atoms with E-state index in [9.17, 15) is 4.39 Å². The molecule has 2 aromatic rings. The van der Waals surface area contributed by atoms with Crippen molar-refractivity contribution in [3.05, 3.63) is 83.4 Å². The Hall–Kier alpha value is -2.66. The molecule has 4 nitrogen and oxygen atoms in total. The molecule has 0 radical (unpaired) electrons. The first-order chi connectivity index (χ1) is 13.7. The Morgan fingerprint density at radius 2 is 1.90 bits per heavy atom. The van der Waals surface area contributed by atoms with E-state index >= 15 is 0 Å². The zero-order chi connectivity index (χ0) is 21.8. The Bertz CT molecular complexity index is 796. The topological polar surface area (TPSA) is 30.3 Å². The van der Waals surface area contributed by atoms with Gasteiger partial charge in [0.1, 0.15) is 12.4 Å². The first-order valence-corrected chi connectivity index (χ1v) is 9.74. The molecule has 0 atom stereocenters. The van der Waals surface area contributed by atoms with E-state index in [1.165, 1.54) is 12.1 Å². The summed E-state index contributed by atoms with van der Waals surface area (Å²) in [6.07, 6.45) is 6.06. The standard InChI is InChI=1S/C17H27N3O.C7H7F/c1-7-8-16(11-14(2)3)13-21-17-12-15(4)20(18-17)10-9-19(5)6;1-6-2-4-7(8)5-3-6/h7-8,11-12H,2,9-10,13H2,1,3-6H3;2-5H,1H3/b8-7-,16-11+;. The van der Waals surface area contributed by atoms with Crippen LogP contribution in [0.15, 0.2) is 66.3 Å². The van der Waals surface area contributed by atoms with E-state index in [0.717, 1.165) is 35.5 Å². The number of benzene rings is 1. The molecule has 0 saturated carbocycles. The van der Waals surface area contributed by atoms with Crippen LogP contribution in [0.2, 0.25) is 0 Å².